The van der Waals surface area contributed by atoms with Crippen LogP contribution in [0.15, 0.2) is 59.3 Å². The molecule has 0 saturated carbocycles. The van der Waals surface area contributed by atoms with Gasteiger partial charge < -0.3 is 14.8 Å². The summed E-state index contributed by atoms with van der Waals surface area (Å²) in [6, 6.07) is 12.5. The van der Waals surface area contributed by atoms with Crippen molar-refractivity contribution < 1.29 is 14.3 Å². The maximum absolute atomic E-state index is 12.3. The first kappa shape index (κ1) is 13.3. The number of carbonyl (C=O) groups is 1. The molecule has 2 N–H and O–H groups in total. The molecule has 0 aliphatic carbocycles. The monoisotopic (exact) mass is 282 g/mol. The van der Waals surface area contributed by atoms with E-state index in [1.54, 1.807) is 24.4 Å². The zero-order valence-electron chi connectivity index (χ0n) is 11.2. The zero-order valence-corrected chi connectivity index (χ0v) is 11.2. The van der Waals surface area contributed by atoms with Crippen LogP contribution in [0.3, 0.4) is 0 Å². The number of rotatable bonds is 4. The number of nitrogens with zero attached hydrogens (tertiary/aromatic N) is 1. The van der Waals surface area contributed by atoms with Crippen LogP contribution in [0.25, 0.3) is 10.9 Å². The first-order chi connectivity index (χ1) is 10.3. The minimum Gasteiger partial charge on any atom is -0.467 e. The Hall–Kier alpha value is -2.66. The van der Waals surface area contributed by atoms with Crippen LogP contribution in [0.2, 0.25) is 0 Å². The van der Waals surface area contributed by atoms with Crippen molar-refractivity contribution in [2.24, 2.45) is 0 Å². The molecule has 0 aliphatic heterocycles. The van der Waals surface area contributed by atoms with Gasteiger partial charge in [-0.05, 0) is 24.3 Å². The number of hydrogen-bond donors (Lipinski definition) is 2. The number of pyridine rings is 1. The summed E-state index contributed by atoms with van der Waals surface area (Å²) in [5.74, 6) is 0.175. The average Bonchev–Trinajstić information content (AvgIpc) is 3.06. The third-order valence-electron chi connectivity index (χ3n) is 3.22. The lowest BCUT2D eigenvalue weighted by atomic mass is 10.1. The number of aromatic nitrogens is 1. The number of amides is 1. The van der Waals surface area contributed by atoms with Gasteiger partial charge in [0.1, 0.15) is 11.9 Å². The molecule has 3 rings (SSSR count). The number of furan rings is 1. The lowest BCUT2D eigenvalue weighted by Gasteiger charge is -2.10. The van der Waals surface area contributed by atoms with Gasteiger partial charge in [-0.3, -0.25) is 9.78 Å². The first-order valence-electron chi connectivity index (χ1n) is 6.59. The molecule has 0 aliphatic rings. The van der Waals surface area contributed by atoms with Gasteiger partial charge in [-0.15, -0.1) is 0 Å². The van der Waals surface area contributed by atoms with Gasteiger partial charge in [-0.1, -0.05) is 18.2 Å². The van der Waals surface area contributed by atoms with E-state index >= 15 is 0 Å². The molecule has 1 amide bonds. The highest BCUT2D eigenvalue weighted by Crippen LogP contribution is 2.16. The Kier molecular flexibility index (Phi) is 3.66. The smallest absolute Gasteiger partial charge is 0.252 e. The van der Waals surface area contributed by atoms with Crippen molar-refractivity contribution in [1.29, 1.82) is 0 Å². The number of aliphatic hydroxyl groups excluding tert-OH is 1. The van der Waals surface area contributed by atoms with Gasteiger partial charge in [0.25, 0.3) is 5.91 Å². The van der Waals surface area contributed by atoms with Gasteiger partial charge in [0, 0.05) is 11.6 Å². The molecule has 21 heavy (non-hydrogen) atoms. The molecule has 0 radical (unpaired) electrons. The summed E-state index contributed by atoms with van der Waals surface area (Å²) in [5, 5.41) is 13.4. The number of carbonyl (C=O) groups excluding carboxylic acids is 1. The minimum atomic E-state index is -0.864. The number of para-hydroxylation sites is 1. The van der Waals surface area contributed by atoms with E-state index in [9.17, 15) is 9.90 Å². The molecule has 0 saturated heterocycles. The van der Waals surface area contributed by atoms with E-state index in [1.165, 1.54) is 6.26 Å². The Morgan fingerprint density at radius 2 is 2.10 bits per heavy atom. The molecular formula is C16H14N2O3. The summed E-state index contributed by atoms with van der Waals surface area (Å²) < 4.78 is 5.09. The van der Waals surface area contributed by atoms with Crippen molar-refractivity contribution in [3.8, 4) is 0 Å². The number of hydrogen-bond acceptors (Lipinski definition) is 4. The van der Waals surface area contributed by atoms with E-state index in [0.717, 1.165) is 10.9 Å². The molecule has 2 aromatic heterocycles. The highest BCUT2D eigenvalue weighted by Gasteiger charge is 2.14. The van der Waals surface area contributed by atoms with Crippen LogP contribution in [-0.2, 0) is 0 Å². The maximum atomic E-state index is 12.3. The van der Waals surface area contributed by atoms with Crippen LogP contribution in [-0.4, -0.2) is 22.5 Å². The van der Waals surface area contributed by atoms with Crippen LogP contribution in [0, 0.1) is 0 Å². The van der Waals surface area contributed by atoms with Gasteiger partial charge in [0.2, 0.25) is 0 Å². The molecule has 2 heterocycles. The summed E-state index contributed by atoms with van der Waals surface area (Å²) in [6.45, 7) is 0.0863. The molecule has 5 nitrogen and oxygen atoms in total. The third kappa shape index (κ3) is 2.78. The van der Waals surface area contributed by atoms with Gasteiger partial charge in [-0.25, -0.2) is 0 Å². The molecule has 3 aromatic rings. The van der Waals surface area contributed by atoms with Crippen LogP contribution >= 0.6 is 0 Å². The van der Waals surface area contributed by atoms with E-state index < -0.39 is 6.10 Å². The van der Waals surface area contributed by atoms with Crippen molar-refractivity contribution in [3.63, 3.8) is 0 Å². The molecule has 1 atom stereocenters. The summed E-state index contributed by atoms with van der Waals surface area (Å²) in [6.07, 6.45) is 2.22. The second-order valence-electron chi connectivity index (χ2n) is 4.62. The Morgan fingerprint density at radius 3 is 2.90 bits per heavy atom. The largest absolute Gasteiger partial charge is 0.467 e. The third-order valence-corrected chi connectivity index (χ3v) is 3.22. The van der Waals surface area contributed by atoms with Crippen LogP contribution in [0.1, 0.15) is 22.2 Å². The normalized spacial score (nSPS) is 12.2. The second-order valence-corrected chi connectivity index (χ2v) is 4.62. The molecule has 0 bridgehead atoms. The first-order valence-corrected chi connectivity index (χ1v) is 6.59. The SMILES string of the molecule is O=C(NCC(O)c1ccco1)c1ccnc2ccccc12. The van der Waals surface area contributed by atoms with Gasteiger partial charge in [0.15, 0.2) is 0 Å². The maximum Gasteiger partial charge on any atom is 0.252 e. The Balaban J connectivity index is 1.75. The van der Waals surface area contributed by atoms with Crippen molar-refractivity contribution in [1.82, 2.24) is 10.3 Å². The lowest BCUT2D eigenvalue weighted by Crippen LogP contribution is -2.28. The molecule has 0 fully saturated rings. The fourth-order valence-corrected chi connectivity index (χ4v) is 2.16. The predicted molar refractivity (Wildman–Crippen MR) is 77.7 cm³/mol. The van der Waals surface area contributed by atoms with E-state index in [2.05, 4.69) is 10.3 Å². The van der Waals surface area contributed by atoms with Crippen LogP contribution < -0.4 is 5.32 Å². The van der Waals surface area contributed by atoms with E-state index in [-0.39, 0.29) is 12.5 Å². The molecule has 5 heteroatoms. The van der Waals surface area contributed by atoms with Crippen molar-refractivity contribution in [2.45, 2.75) is 6.10 Å². The summed E-state index contributed by atoms with van der Waals surface area (Å²) in [4.78, 5) is 16.5. The molecular weight excluding hydrogens is 268 g/mol. The summed E-state index contributed by atoms with van der Waals surface area (Å²) in [7, 11) is 0. The number of aliphatic hydroxyl groups is 1. The van der Waals surface area contributed by atoms with Crippen molar-refractivity contribution >= 4 is 16.8 Å². The van der Waals surface area contributed by atoms with Gasteiger partial charge in [0.05, 0.1) is 23.9 Å². The highest BCUT2D eigenvalue weighted by atomic mass is 16.4. The summed E-state index contributed by atoms with van der Waals surface area (Å²) >= 11 is 0. The van der Waals surface area contributed by atoms with E-state index in [4.69, 9.17) is 4.42 Å². The minimum absolute atomic E-state index is 0.0863. The standard InChI is InChI=1S/C16H14N2O3/c19-14(15-6-3-9-21-15)10-18-16(20)12-7-8-17-13-5-2-1-4-11(12)13/h1-9,14,19H,10H2,(H,18,20). The topological polar surface area (TPSA) is 75.4 Å². The molecule has 0 spiro atoms. The Morgan fingerprint density at radius 1 is 1.24 bits per heavy atom. The lowest BCUT2D eigenvalue weighted by molar-refractivity contribution is 0.0902. The Labute approximate surface area is 121 Å². The van der Waals surface area contributed by atoms with Crippen molar-refractivity contribution in [3.05, 3.63) is 66.2 Å². The number of nitrogens with one attached hydrogen (secondary N) is 1. The summed E-state index contributed by atoms with van der Waals surface area (Å²) in [5.41, 5.74) is 1.30. The molecule has 1 aromatic carbocycles. The van der Waals surface area contributed by atoms with Gasteiger partial charge >= 0.3 is 0 Å². The number of benzene rings is 1. The Bertz CT molecular complexity index is 748. The van der Waals surface area contributed by atoms with Crippen molar-refractivity contribution in [2.75, 3.05) is 6.54 Å². The molecule has 1 unspecified atom stereocenters. The second kappa shape index (κ2) is 5.76. The quantitative estimate of drug-likeness (QED) is 0.770. The van der Waals surface area contributed by atoms with E-state index in [1.807, 2.05) is 24.3 Å². The van der Waals surface area contributed by atoms with E-state index in [0.29, 0.717) is 11.3 Å². The molecule has 106 valence electrons. The number of fused-ring (bicyclic) bond motifs is 1. The predicted octanol–water partition coefficient (Wildman–Crippen LogP) is 2.29. The average molecular weight is 282 g/mol. The highest BCUT2D eigenvalue weighted by molar-refractivity contribution is 6.05. The fraction of sp³-hybridized carbons (Fsp3) is 0.125. The zero-order chi connectivity index (χ0) is 14.7. The van der Waals surface area contributed by atoms with Crippen LogP contribution in [0.4, 0.5) is 0 Å². The fourth-order valence-electron chi connectivity index (χ4n) is 2.16. The van der Waals surface area contributed by atoms with Crippen LogP contribution in [0.5, 0.6) is 0 Å². The van der Waals surface area contributed by atoms with Gasteiger partial charge in [-0.2, -0.15) is 0 Å².